The Balaban J connectivity index is 0. The van der Waals surface area contributed by atoms with Crippen molar-refractivity contribution in [2.45, 2.75) is 12.4 Å². The van der Waals surface area contributed by atoms with Crippen LogP contribution in [0.5, 0.6) is 0 Å². The monoisotopic (exact) mass is 206 g/mol. The van der Waals surface area contributed by atoms with Crippen LogP contribution in [-0.4, -0.2) is 18.5 Å². The molecule has 0 bridgehead atoms. The molecule has 0 aromatic carbocycles. The van der Waals surface area contributed by atoms with Crippen molar-refractivity contribution in [1.29, 1.82) is 0 Å². The van der Waals surface area contributed by atoms with Crippen molar-refractivity contribution in [3.8, 4) is 0 Å². The van der Waals surface area contributed by atoms with E-state index in [4.69, 9.17) is 0 Å². The molecule has 70 valence electrons. The molecule has 0 nitrogen and oxygen atoms in total. The van der Waals surface area contributed by atoms with Gasteiger partial charge in [0, 0.05) is 0 Å². The summed E-state index contributed by atoms with van der Waals surface area (Å²) >= 11 is 4.33. The molecule has 0 spiro atoms. The van der Waals surface area contributed by atoms with Gasteiger partial charge in [0.05, 0.1) is 0 Å². The van der Waals surface area contributed by atoms with Crippen molar-refractivity contribution >= 4 is 11.6 Å². The Labute approximate surface area is 61.9 Å². The van der Waals surface area contributed by atoms with Crippen LogP contribution in [0.3, 0.4) is 0 Å². The van der Waals surface area contributed by atoms with Crippen molar-refractivity contribution < 1.29 is 30.7 Å². The third-order valence-electron chi connectivity index (χ3n) is 0.321. The van der Waals surface area contributed by atoms with Crippen LogP contribution < -0.4 is 0 Å². The lowest BCUT2D eigenvalue weighted by molar-refractivity contribution is -0.339. The van der Waals surface area contributed by atoms with E-state index in [2.05, 4.69) is 11.6 Å². The van der Waals surface area contributed by atoms with Gasteiger partial charge in [-0.15, -0.1) is 0 Å². The fourth-order valence-corrected chi connectivity index (χ4v) is 0. The Morgan fingerprint density at radius 2 is 0.909 bits per heavy atom. The third-order valence-corrected chi connectivity index (χ3v) is 0.321. The Kier molecular flexibility index (Phi) is 5.64. The lowest BCUT2D eigenvalue weighted by atomic mass is 10.7. The highest BCUT2D eigenvalue weighted by atomic mass is 35.5. The smallest absolute Gasteiger partial charge is 0.234 e. The normalized spacial score (nSPS) is 12.0. The first-order chi connectivity index (χ1) is 4.66. The molecule has 8 heteroatoms. The zero-order valence-electron chi connectivity index (χ0n) is 4.73. The van der Waals surface area contributed by atoms with Crippen LogP contribution in [0.4, 0.5) is 30.7 Å². The van der Waals surface area contributed by atoms with Crippen molar-refractivity contribution in [1.82, 2.24) is 0 Å². The number of alkyl halides is 8. The van der Waals surface area contributed by atoms with E-state index in [-0.39, 0.29) is 0 Å². The SMILES string of the molecule is FC(F)(F)C(F)(F)F.FCCl. The lowest BCUT2D eigenvalue weighted by Gasteiger charge is -2.08. The van der Waals surface area contributed by atoms with Crippen molar-refractivity contribution in [3.63, 3.8) is 0 Å². The largest absolute Gasteiger partial charge is 0.487 e. The minimum atomic E-state index is -6.06. The van der Waals surface area contributed by atoms with Gasteiger partial charge in [0.25, 0.3) is 0 Å². The molecule has 0 N–H and O–H groups in total. The highest BCUT2D eigenvalue weighted by Gasteiger charge is 2.58. The molecule has 0 aromatic rings. The van der Waals surface area contributed by atoms with Crippen molar-refractivity contribution in [2.24, 2.45) is 0 Å². The summed E-state index contributed by atoms with van der Waals surface area (Å²) in [6, 6.07) is 0. The van der Waals surface area contributed by atoms with E-state index in [9.17, 15) is 30.7 Å². The quantitative estimate of drug-likeness (QED) is 0.422. The van der Waals surface area contributed by atoms with Gasteiger partial charge in [-0.1, -0.05) is 11.6 Å². The standard InChI is InChI=1S/C2F6.CH2ClF/c3-1(4,5)2(6,7)8;2-1-3/h;1H2. The molecule has 0 aliphatic rings. The number of hydrogen-bond acceptors (Lipinski definition) is 0. The fraction of sp³-hybridized carbons (Fsp3) is 1.00. The van der Waals surface area contributed by atoms with Gasteiger partial charge in [0.2, 0.25) is 0 Å². The van der Waals surface area contributed by atoms with Crippen LogP contribution in [0.25, 0.3) is 0 Å². The zero-order chi connectivity index (χ0) is 9.71. The van der Waals surface area contributed by atoms with Crippen LogP contribution in [0.15, 0.2) is 0 Å². The van der Waals surface area contributed by atoms with Crippen LogP contribution in [0, 0.1) is 0 Å². The van der Waals surface area contributed by atoms with E-state index >= 15 is 0 Å². The molecule has 0 saturated heterocycles. The predicted molar refractivity (Wildman–Crippen MR) is 23.9 cm³/mol. The molecule has 0 heterocycles. The van der Waals surface area contributed by atoms with E-state index in [1.807, 2.05) is 0 Å². The van der Waals surface area contributed by atoms with Gasteiger partial charge < -0.3 is 0 Å². The maximum Gasteiger partial charge on any atom is 0.487 e. The van der Waals surface area contributed by atoms with Crippen LogP contribution in [0.1, 0.15) is 0 Å². The summed E-state index contributed by atoms with van der Waals surface area (Å²) in [5.41, 5.74) is 0. The third kappa shape index (κ3) is 7.70. The van der Waals surface area contributed by atoms with Gasteiger partial charge in [0.15, 0.2) is 6.13 Å². The van der Waals surface area contributed by atoms with Crippen LogP contribution in [0.2, 0.25) is 0 Å². The Bertz CT molecular complexity index is 78.8. The molecule has 0 fully saturated rings. The molecule has 0 aromatic heterocycles. The second kappa shape index (κ2) is 4.63. The molecular formula is C3H2ClF7. The molecule has 0 saturated carbocycles. The lowest BCUT2D eigenvalue weighted by Crippen LogP contribution is -2.30. The van der Waals surface area contributed by atoms with Crippen molar-refractivity contribution in [3.05, 3.63) is 0 Å². The molecule has 0 aliphatic heterocycles. The first-order valence-electron chi connectivity index (χ1n) is 1.92. The zero-order valence-corrected chi connectivity index (χ0v) is 5.49. The van der Waals surface area contributed by atoms with Gasteiger partial charge in [-0.25, -0.2) is 4.39 Å². The molecular weight excluding hydrogens is 204 g/mol. The topological polar surface area (TPSA) is 0 Å². The summed E-state index contributed by atoms with van der Waals surface area (Å²) in [6.07, 6.45) is -12.9. The van der Waals surface area contributed by atoms with Gasteiger partial charge >= 0.3 is 12.4 Å². The van der Waals surface area contributed by atoms with E-state index < -0.39 is 18.5 Å². The predicted octanol–water partition coefficient (Wildman–Crippen LogP) is 3.26. The molecule has 0 aliphatic carbocycles. The molecule has 0 unspecified atom stereocenters. The van der Waals surface area contributed by atoms with E-state index in [0.29, 0.717) is 0 Å². The summed E-state index contributed by atoms with van der Waals surface area (Å²) in [6.45, 7) is 0. The first-order valence-corrected chi connectivity index (χ1v) is 2.45. The molecule has 0 atom stereocenters. The molecule has 0 amide bonds. The Hall–Kier alpha value is -0.200. The van der Waals surface area contributed by atoms with Gasteiger partial charge in [-0.05, 0) is 0 Å². The summed E-state index contributed by atoms with van der Waals surface area (Å²) in [5, 5.41) is 0. The number of halogens is 8. The Morgan fingerprint density at radius 1 is 0.818 bits per heavy atom. The highest BCUT2D eigenvalue weighted by molar-refractivity contribution is 6.16. The fourth-order valence-electron chi connectivity index (χ4n) is 0. The average Bonchev–Trinajstić information content (AvgIpc) is 1.60. The highest BCUT2D eigenvalue weighted by Crippen LogP contribution is 2.35. The second-order valence-corrected chi connectivity index (χ2v) is 1.30. The summed E-state index contributed by atoms with van der Waals surface area (Å²) < 4.78 is 72.7. The minimum absolute atomic E-state index is 0.778. The molecule has 0 rings (SSSR count). The van der Waals surface area contributed by atoms with Crippen LogP contribution >= 0.6 is 11.6 Å². The van der Waals surface area contributed by atoms with E-state index in [0.717, 1.165) is 0 Å². The van der Waals surface area contributed by atoms with Crippen molar-refractivity contribution in [2.75, 3.05) is 6.13 Å². The van der Waals surface area contributed by atoms with Crippen LogP contribution in [-0.2, 0) is 0 Å². The van der Waals surface area contributed by atoms with Gasteiger partial charge in [0.1, 0.15) is 0 Å². The average molecular weight is 206 g/mol. The summed E-state index contributed by atoms with van der Waals surface area (Å²) in [4.78, 5) is 0. The second-order valence-electron chi connectivity index (χ2n) is 1.10. The summed E-state index contributed by atoms with van der Waals surface area (Å²) in [7, 11) is 0. The van der Waals surface area contributed by atoms with Gasteiger partial charge in [-0.2, -0.15) is 26.3 Å². The number of hydrogen-bond donors (Lipinski definition) is 0. The molecule has 0 radical (unpaired) electrons. The maximum atomic E-state index is 10.4. The molecule has 11 heavy (non-hydrogen) atoms. The van der Waals surface area contributed by atoms with E-state index in [1.165, 1.54) is 0 Å². The number of rotatable bonds is 0. The van der Waals surface area contributed by atoms with E-state index in [1.54, 1.807) is 0 Å². The maximum absolute atomic E-state index is 10.4. The first kappa shape index (κ1) is 13.4. The Morgan fingerprint density at radius 3 is 0.909 bits per heavy atom. The summed E-state index contributed by atoms with van der Waals surface area (Å²) in [5.74, 6) is 0. The minimum Gasteiger partial charge on any atom is -0.234 e. The van der Waals surface area contributed by atoms with Gasteiger partial charge in [-0.3, -0.25) is 0 Å².